The average molecular weight is 465 g/mol. The average Bonchev–Trinajstić information content (AvgIpc) is 2.73. The van der Waals surface area contributed by atoms with Gasteiger partial charge in [-0.05, 0) is 63.4 Å². The van der Waals surface area contributed by atoms with E-state index in [2.05, 4.69) is 25.2 Å². The third-order valence-electron chi connectivity index (χ3n) is 6.79. The maximum absolute atomic E-state index is 13.8. The highest BCUT2D eigenvalue weighted by Gasteiger charge is 2.54. The SMILES string of the molecule is CC1=CC[C@@H]2[C@H]3C(=O)C(Cl)(Cl)C(=O)[C@@H](C)C(=O)O[C@H](C)C=C/C=C\[C@@H](C)[C@H]3C=C[C@H]2C1. The van der Waals surface area contributed by atoms with Gasteiger partial charge in [0.1, 0.15) is 12.0 Å². The number of carbonyl (C=O) groups excluding carboxylic acids is 3. The molecule has 0 radical (unpaired) electrons. The first kappa shape index (κ1) is 24.0. The molecule has 0 spiro atoms. The van der Waals surface area contributed by atoms with Gasteiger partial charge >= 0.3 is 5.97 Å². The quantitative estimate of drug-likeness (QED) is 0.208. The Kier molecular flexibility index (Phi) is 7.32. The summed E-state index contributed by atoms with van der Waals surface area (Å²) in [6.45, 7) is 7.23. The minimum Gasteiger partial charge on any atom is -0.458 e. The largest absolute Gasteiger partial charge is 0.458 e. The molecule has 7 atom stereocenters. The van der Waals surface area contributed by atoms with Gasteiger partial charge in [0.05, 0.1) is 0 Å². The third-order valence-corrected chi connectivity index (χ3v) is 7.53. The molecule has 4 nitrogen and oxygen atoms in total. The Morgan fingerprint density at radius 1 is 0.968 bits per heavy atom. The summed E-state index contributed by atoms with van der Waals surface area (Å²) in [6, 6.07) is 0. The number of allylic oxidation sites excluding steroid dienone is 7. The van der Waals surface area contributed by atoms with Crippen molar-refractivity contribution < 1.29 is 19.1 Å². The van der Waals surface area contributed by atoms with E-state index in [1.54, 1.807) is 13.0 Å². The summed E-state index contributed by atoms with van der Waals surface area (Å²) in [5, 5.41) is 0. The Bertz CT molecular complexity index is 867. The van der Waals surface area contributed by atoms with Crippen molar-refractivity contribution in [2.75, 3.05) is 0 Å². The van der Waals surface area contributed by atoms with Gasteiger partial charge in [-0.1, -0.05) is 72.2 Å². The second-order valence-electron chi connectivity index (χ2n) is 9.10. The number of ketones is 2. The van der Waals surface area contributed by atoms with Crippen LogP contribution < -0.4 is 0 Å². The van der Waals surface area contributed by atoms with E-state index in [0.29, 0.717) is 0 Å². The molecule has 3 rings (SSSR count). The molecular formula is C25H30Cl2O4. The second-order valence-corrected chi connectivity index (χ2v) is 10.4. The molecule has 1 aliphatic heterocycles. The van der Waals surface area contributed by atoms with Crippen LogP contribution in [0.5, 0.6) is 0 Å². The number of fused-ring (bicyclic) bond motifs is 3. The molecule has 2 aliphatic carbocycles. The molecule has 3 aliphatic rings. The van der Waals surface area contributed by atoms with E-state index in [4.69, 9.17) is 27.9 Å². The van der Waals surface area contributed by atoms with Crippen LogP contribution in [-0.2, 0) is 19.1 Å². The van der Waals surface area contributed by atoms with Crippen LogP contribution in [0.4, 0.5) is 0 Å². The van der Waals surface area contributed by atoms with Crippen LogP contribution >= 0.6 is 23.2 Å². The highest BCUT2D eigenvalue weighted by molar-refractivity contribution is 6.68. The number of hydrogen-bond acceptors (Lipinski definition) is 4. The molecule has 31 heavy (non-hydrogen) atoms. The van der Waals surface area contributed by atoms with Gasteiger partial charge in [-0.2, -0.15) is 0 Å². The molecular weight excluding hydrogens is 435 g/mol. The standard InChI is InChI=1S/C25H30Cl2O4/c1-14-9-11-20-18(13-14)10-12-19-15(2)7-5-6-8-16(3)31-24(30)17(4)22(28)25(26,27)23(29)21(19)20/h5-10,12,15-21H,11,13H2,1-4H3/b7-5-,8-6?/t15-,16-,17-,18+,19-,20+,21+/m1/s1. The van der Waals surface area contributed by atoms with Crippen LogP contribution in [-0.4, -0.2) is 28.0 Å². The maximum Gasteiger partial charge on any atom is 0.316 e. The normalized spacial score (nSPS) is 39.6. The third kappa shape index (κ3) is 4.90. The first-order chi connectivity index (χ1) is 14.5. The summed E-state index contributed by atoms with van der Waals surface area (Å²) < 4.78 is 3.00. The van der Waals surface area contributed by atoms with Crippen molar-refractivity contribution in [1.82, 2.24) is 0 Å². The summed E-state index contributed by atoms with van der Waals surface area (Å²) in [4.78, 5) is 39.3. The molecule has 0 N–H and O–H groups in total. The Labute approximate surface area is 194 Å². The molecule has 0 unspecified atom stereocenters. The number of rotatable bonds is 0. The molecule has 168 valence electrons. The minimum atomic E-state index is -2.31. The fourth-order valence-electron chi connectivity index (χ4n) is 4.91. The van der Waals surface area contributed by atoms with Crippen molar-refractivity contribution >= 4 is 40.7 Å². The van der Waals surface area contributed by atoms with E-state index in [1.165, 1.54) is 12.5 Å². The molecule has 0 aromatic carbocycles. The van der Waals surface area contributed by atoms with Crippen molar-refractivity contribution in [3.05, 3.63) is 48.1 Å². The second kappa shape index (κ2) is 9.46. The summed E-state index contributed by atoms with van der Waals surface area (Å²) in [5.41, 5.74) is 1.29. The smallest absolute Gasteiger partial charge is 0.316 e. The van der Waals surface area contributed by atoms with E-state index >= 15 is 0 Å². The van der Waals surface area contributed by atoms with Gasteiger partial charge in [0.25, 0.3) is 0 Å². The topological polar surface area (TPSA) is 60.4 Å². The van der Waals surface area contributed by atoms with Gasteiger partial charge in [-0.25, -0.2) is 0 Å². The summed E-state index contributed by atoms with van der Waals surface area (Å²) in [6.07, 6.45) is 15.0. The van der Waals surface area contributed by atoms with Crippen molar-refractivity contribution in [1.29, 1.82) is 0 Å². The van der Waals surface area contributed by atoms with Crippen molar-refractivity contribution in [2.45, 2.75) is 51.0 Å². The van der Waals surface area contributed by atoms with Crippen LogP contribution in [0.2, 0.25) is 0 Å². The predicted molar refractivity (Wildman–Crippen MR) is 123 cm³/mol. The van der Waals surface area contributed by atoms with Crippen molar-refractivity contribution in [3.63, 3.8) is 0 Å². The van der Waals surface area contributed by atoms with E-state index in [9.17, 15) is 14.4 Å². The van der Waals surface area contributed by atoms with E-state index in [-0.39, 0.29) is 23.7 Å². The van der Waals surface area contributed by atoms with Crippen LogP contribution in [0.3, 0.4) is 0 Å². The first-order valence-electron chi connectivity index (χ1n) is 10.9. The zero-order valence-corrected chi connectivity index (χ0v) is 19.9. The van der Waals surface area contributed by atoms with Gasteiger partial charge in [-0.3, -0.25) is 14.4 Å². The number of hydrogen-bond donors (Lipinski definition) is 0. The first-order valence-corrected chi connectivity index (χ1v) is 11.7. The highest BCUT2D eigenvalue weighted by Crippen LogP contribution is 2.48. The maximum atomic E-state index is 13.8. The molecule has 0 bridgehead atoms. The Balaban J connectivity index is 2.07. The fourth-order valence-corrected chi connectivity index (χ4v) is 5.49. The number of alkyl halides is 2. The van der Waals surface area contributed by atoms with Crippen LogP contribution in [0.1, 0.15) is 40.5 Å². The monoisotopic (exact) mass is 464 g/mol. The molecule has 0 aromatic rings. The lowest BCUT2D eigenvalue weighted by Gasteiger charge is -2.44. The van der Waals surface area contributed by atoms with E-state index in [0.717, 1.165) is 12.8 Å². The Morgan fingerprint density at radius 2 is 1.65 bits per heavy atom. The molecule has 0 amide bonds. The minimum absolute atomic E-state index is 0.0115. The number of cyclic esters (lactones) is 1. The number of esters is 1. The Morgan fingerprint density at radius 3 is 2.35 bits per heavy atom. The van der Waals surface area contributed by atoms with Gasteiger partial charge in [0, 0.05) is 5.92 Å². The lowest BCUT2D eigenvalue weighted by molar-refractivity contribution is -0.154. The number of ether oxygens (including phenoxy) is 1. The molecule has 6 heteroatoms. The van der Waals surface area contributed by atoms with Gasteiger partial charge in [0.2, 0.25) is 4.33 Å². The summed E-state index contributed by atoms with van der Waals surface area (Å²) >= 11 is 12.9. The summed E-state index contributed by atoms with van der Waals surface area (Å²) in [7, 11) is 0. The van der Waals surface area contributed by atoms with Gasteiger partial charge in [-0.15, -0.1) is 0 Å². The zero-order valence-electron chi connectivity index (χ0n) is 18.4. The predicted octanol–water partition coefficient (Wildman–Crippen LogP) is 5.40. The van der Waals surface area contributed by atoms with Crippen molar-refractivity contribution in [3.8, 4) is 0 Å². The molecule has 0 fully saturated rings. The number of halogens is 2. The summed E-state index contributed by atoms with van der Waals surface area (Å²) in [5.74, 6) is -3.75. The van der Waals surface area contributed by atoms with E-state index < -0.39 is 39.8 Å². The number of Topliss-reactive ketones (excluding diaryl/α,β-unsaturated/α-hetero) is 2. The van der Waals surface area contributed by atoms with E-state index in [1.807, 2.05) is 25.2 Å². The van der Waals surface area contributed by atoms with Crippen LogP contribution in [0, 0.1) is 35.5 Å². The number of carbonyl (C=O) groups is 3. The van der Waals surface area contributed by atoms with Gasteiger partial charge in [0.15, 0.2) is 11.6 Å². The molecule has 0 saturated heterocycles. The lowest BCUT2D eigenvalue weighted by Crippen LogP contribution is -2.51. The molecule has 0 aromatic heterocycles. The fraction of sp³-hybridized carbons (Fsp3) is 0.560. The molecule has 1 heterocycles. The Hall–Kier alpha value is -1.65. The molecule has 0 saturated carbocycles. The van der Waals surface area contributed by atoms with Crippen LogP contribution in [0.15, 0.2) is 48.1 Å². The highest BCUT2D eigenvalue weighted by atomic mass is 35.5. The van der Waals surface area contributed by atoms with Crippen LogP contribution in [0.25, 0.3) is 0 Å². The zero-order chi connectivity index (χ0) is 22.9. The van der Waals surface area contributed by atoms with Gasteiger partial charge < -0.3 is 4.74 Å². The lowest BCUT2D eigenvalue weighted by atomic mass is 9.61. The van der Waals surface area contributed by atoms with Crippen molar-refractivity contribution in [2.24, 2.45) is 35.5 Å².